The second kappa shape index (κ2) is 11.3. The summed E-state index contributed by atoms with van der Waals surface area (Å²) >= 11 is 0.989. The zero-order valence-corrected chi connectivity index (χ0v) is 18.7. The van der Waals surface area contributed by atoms with Crippen LogP contribution >= 0.6 is 35.3 Å². The van der Waals surface area contributed by atoms with E-state index in [0.717, 1.165) is 22.4 Å². The maximum atomic E-state index is 12.6. The van der Waals surface area contributed by atoms with Crippen molar-refractivity contribution in [2.24, 2.45) is 4.99 Å². The number of guanidine groups is 1. The summed E-state index contributed by atoms with van der Waals surface area (Å²) in [5.74, 6) is 1.70. The first-order valence-electron chi connectivity index (χ1n) is 8.17. The van der Waals surface area contributed by atoms with E-state index < -0.39 is 11.9 Å². The second-order valence-corrected chi connectivity index (χ2v) is 6.24. The zero-order chi connectivity index (χ0) is 19.9. The molecule has 11 heteroatoms. The van der Waals surface area contributed by atoms with E-state index in [1.54, 1.807) is 26.3 Å². The van der Waals surface area contributed by atoms with Gasteiger partial charge in [0.1, 0.15) is 0 Å². The normalized spacial score (nSPS) is 11.6. The van der Waals surface area contributed by atoms with E-state index in [4.69, 9.17) is 9.47 Å². The molecule has 0 spiro atoms. The minimum absolute atomic E-state index is 0. The summed E-state index contributed by atoms with van der Waals surface area (Å²) in [6.45, 7) is 2.77. The van der Waals surface area contributed by atoms with Crippen LogP contribution in [-0.4, -0.2) is 38.3 Å². The van der Waals surface area contributed by atoms with Gasteiger partial charge in [-0.25, -0.2) is 4.98 Å². The van der Waals surface area contributed by atoms with Gasteiger partial charge in [-0.1, -0.05) is 0 Å². The molecule has 1 heterocycles. The summed E-state index contributed by atoms with van der Waals surface area (Å²) < 4.78 is 48.5. The van der Waals surface area contributed by atoms with Crippen molar-refractivity contribution in [2.75, 3.05) is 32.6 Å². The Kier molecular flexibility index (Phi) is 9.79. The van der Waals surface area contributed by atoms with Gasteiger partial charge >= 0.3 is 6.18 Å². The predicted octanol–water partition coefficient (Wildman–Crippen LogP) is 4.42. The standard InChI is InChI=1S/C17H21F3N4O2S.HI/c1-4-26-13-9-11(5-6-12(13)25-3)23-16(21-2)22-8-7-15-24-14(10-27-15)17(18,19)20;/h5-6,9-10H,4,7-8H2,1-3H3,(H2,21,22,23);1H. The number of hydrogen-bond acceptors (Lipinski definition) is 5. The fraction of sp³-hybridized carbons (Fsp3) is 0.412. The van der Waals surface area contributed by atoms with Gasteiger partial charge in [-0.2, -0.15) is 13.2 Å². The van der Waals surface area contributed by atoms with Crippen molar-refractivity contribution < 1.29 is 22.6 Å². The lowest BCUT2D eigenvalue weighted by Crippen LogP contribution is -2.32. The van der Waals surface area contributed by atoms with Gasteiger partial charge in [-0.05, 0) is 19.1 Å². The molecule has 2 rings (SSSR count). The van der Waals surface area contributed by atoms with Crippen LogP contribution < -0.4 is 20.1 Å². The molecule has 0 aliphatic carbocycles. The van der Waals surface area contributed by atoms with Crippen molar-refractivity contribution >= 4 is 47.0 Å². The Labute approximate surface area is 182 Å². The Balaban J connectivity index is 0.00000392. The number of benzene rings is 1. The molecule has 0 atom stereocenters. The van der Waals surface area contributed by atoms with Crippen LogP contribution in [0.3, 0.4) is 0 Å². The number of thiazole rings is 1. The van der Waals surface area contributed by atoms with Crippen molar-refractivity contribution in [1.29, 1.82) is 0 Å². The maximum Gasteiger partial charge on any atom is 0.434 e. The van der Waals surface area contributed by atoms with Gasteiger partial charge in [0.2, 0.25) is 0 Å². The highest BCUT2D eigenvalue weighted by Crippen LogP contribution is 2.31. The van der Waals surface area contributed by atoms with Gasteiger partial charge in [0.25, 0.3) is 0 Å². The smallest absolute Gasteiger partial charge is 0.434 e. The third-order valence-electron chi connectivity index (χ3n) is 3.42. The molecule has 0 unspecified atom stereocenters. The van der Waals surface area contributed by atoms with Crippen molar-refractivity contribution in [1.82, 2.24) is 10.3 Å². The molecule has 6 nitrogen and oxygen atoms in total. The molecule has 0 fully saturated rings. The molecule has 0 saturated carbocycles. The van der Waals surface area contributed by atoms with E-state index in [-0.39, 0.29) is 24.0 Å². The molecule has 1 aromatic heterocycles. The number of ether oxygens (including phenoxy) is 2. The van der Waals surface area contributed by atoms with Crippen LogP contribution in [-0.2, 0) is 12.6 Å². The number of halogens is 4. The molecule has 0 amide bonds. The minimum Gasteiger partial charge on any atom is -0.493 e. The predicted molar refractivity (Wildman–Crippen MR) is 115 cm³/mol. The summed E-state index contributed by atoms with van der Waals surface area (Å²) in [7, 11) is 3.17. The summed E-state index contributed by atoms with van der Waals surface area (Å²) in [4.78, 5) is 7.70. The topological polar surface area (TPSA) is 67.8 Å². The molecule has 156 valence electrons. The number of nitrogens with one attached hydrogen (secondary N) is 2. The summed E-state index contributed by atoms with van der Waals surface area (Å²) in [5, 5.41) is 7.58. The molecule has 2 aromatic rings. The van der Waals surface area contributed by atoms with Crippen molar-refractivity contribution in [2.45, 2.75) is 19.5 Å². The number of rotatable bonds is 7. The zero-order valence-electron chi connectivity index (χ0n) is 15.6. The summed E-state index contributed by atoms with van der Waals surface area (Å²) in [6.07, 6.45) is -4.05. The Morgan fingerprint density at radius 1 is 1.29 bits per heavy atom. The van der Waals surface area contributed by atoms with Gasteiger partial charge in [-0.3, -0.25) is 4.99 Å². The molecular formula is C17H22F3IN4O2S. The van der Waals surface area contributed by atoms with Crippen LogP contribution in [0.25, 0.3) is 0 Å². The minimum atomic E-state index is -4.41. The number of hydrogen-bond donors (Lipinski definition) is 2. The Morgan fingerprint density at radius 3 is 2.61 bits per heavy atom. The number of methoxy groups -OCH3 is 1. The number of nitrogens with zero attached hydrogens (tertiary/aromatic N) is 2. The Hall–Kier alpha value is -1.76. The summed E-state index contributed by atoms with van der Waals surface area (Å²) in [5.41, 5.74) is -0.118. The van der Waals surface area contributed by atoms with E-state index in [1.165, 1.54) is 0 Å². The van der Waals surface area contributed by atoms with Gasteiger partial charge in [0.05, 0.1) is 18.7 Å². The number of anilines is 1. The van der Waals surface area contributed by atoms with Crippen LogP contribution in [0, 0.1) is 0 Å². The third-order valence-corrected chi connectivity index (χ3v) is 4.33. The van der Waals surface area contributed by atoms with Crippen molar-refractivity contribution in [3.63, 3.8) is 0 Å². The van der Waals surface area contributed by atoms with Crippen LogP contribution in [0.2, 0.25) is 0 Å². The maximum absolute atomic E-state index is 12.6. The van der Waals surface area contributed by atoms with Crippen LogP contribution in [0.4, 0.5) is 18.9 Å². The first kappa shape index (κ1) is 24.3. The molecule has 0 bridgehead atoms. The molecule has 1 aromatic carbocycles. The second-order valence-electron chi connectivity index (χ2n) is 5.30. The lowest BCUT2D eigenvalue weighted by atomic mass is 10.2. The average Bonchev–Trinajstić information content (AvgIpc) is 3.11. The molecule has 0 saturated heterocycles. The Morgan fingerprint density at radius 2 is 2.04 bits per heavy atom. The lowest BCUT2D eigenvalue weighted by molar-refractivity contribution is -0.140. The molecule has 0 aliphatic rings. The molecule has 2 N–H and O–H groups in total. The van der Waals surface area contributed by atoms with Gasteiger partial charge in [0, 0.05) is 37.1 Å². The fourth-order valence-electron chi connectivity index (χ4n) is 2.18. The monoisotopic (exact) mass is 530 g/mol. The van der Waals surface area contributed by atoms with Gasteiger partial charge in [0.15, 0.2) is 23.2 Å². The fourth-order valence-corrected chi connectivity index (χ4v) is 2.99. The van der Waals surface area contributed by atoms with E-state index in [2.05, 4.69) is 20.6 Å². The molecular weight excluding hydrogens is 508 g/mol. The van der Waals surface area contributed by atoms with E-state index >= 15 is 0 Å². The first-order valence-corrected chi connectivity index (χ1v) is 9.05. The Bertz CT molecular complexity index is 784. The van der Waals surface area contributed by atoms with Crippen LogP contribution in [0.15, 0.2) is 28.6 Å². The summed E-state index contributed by atoms with van der Waals surface area (Å²) in [6, 6.07) is 5.37. The number of aliphatic imine (C=N–C) groups is 1. The van der Waals surface area contributed by atoms with Crippen LogP contribution in [0.1, 0.15) is 17.6 Å². The SMILES string of the molecule is CCOc1cc(NC(=NC)NCCc2nc(C(F)(F)F)cs2)ccc1OC.I. The van der Waals surface area contributed by atoms with E-state index in [9.17, 15) is 13.2 Å². The largest absolute Gasteiger partial charge is 0.493 e. The number of aromatic nitrogens is 1. The van der Waals surface area contributed by atoms with Gasteiger partial charge in [-0.15, -0.1) is 35.3 Å². The third kappa shape index (κ3) is 7.00. The average molecular weight is 530 g/mol. The lowest BCUT2D eigenvalue weighted by Gasteiger charge is -2.14. The van der Waals surface area contributed by atoms with Gasteiger partial charge < -0.3 is 20.1 Å². The quantitative estimate of drug-likeness (QED) is 0.316. The van der Waals surface area contributed by atoms with Crippen LogP contribution in [0.5, 0.6) is 11.5 Å². The molecule has 0 radical (unpaired) electrons. The van der Waals surface area contributed by atoms with Crippen molar-refractivity contribution in [3.05, 3.63) is 34.3 Å². The highest BCUT2D eigenvalue weighted by atomic mass is 127. The van der Waals surface area contributed by atoms with E-state index in [0.29, 0.717) is 42.0 Å². The van der Waals surface area contributed by atoms with E-state index in [1.807, 2.05) is 13.0 Å². The number of alkyl halides is 3. The first-order chi connectivity index (χ1) is 12.9. The molecule has 28 heavy (non-hydrogen) atoms. The highest BCUT2D eigenvalue weighted by Gasteiger charge is 2.33. The van der Waals surface area contributed by atoms with Crippen molar-refractivity contribution in [3.8, 4) is 11.5 Å². The molecule has 0 aliphatic heterocycles. The highest BCUT2D eigenvalue weighted by molar-refractivity contribution is 14.0.